The topological polar surface area (TPSA) is 90.0 Å². The molecule has 0 radical (unpaired) electrons. The first-order valence-electron chi connectivity index (χ1n) is 8.51. The Labute approximate surface area is 157 Å². The van der Waals surface area contributed by atoms with Crippen molar-refractivity contribution >= 4 is 32.5 Å². The van der Waals surface area contributed by atoms with Crippen LogP contribution < -0.4 is 4.74 Å². The number of carbonyl (C=O) groups excluding carboxylic acids is 2. The average Bonchev–Trinajstić information content (AvgIpc) is 3.03. The van der Waals surface area contributed by atoms with Gasteiger partial charge in [0.05, 0.1) is 18.6 Å². The van der Waals surface area contributed by atoms with Gasteiger partial charge in [-0.25, -0.2) is 13.2 Å². The van der Waals surface area contributed by atoms with E-state index >= 15 is 0 Å². The third kappa shape index (κ3) is 4.21. The van der Waals surface area contributed by atoms with E-state index in [-0.39, 0.29) is 23.1 Å². The predicted molar refractivity (Wildman–Crippen MR) is 101 cm³/mol. The number of carbonyl (C=O) groups is 2. The number of amides is 1. The van der Waals surface area contributed by atoms with Crippen molar-refractivity contribution in [3.8, 4) is 5.75 Å². The van der Waals surface area contributed by atoms with Gasteiger partial charge in [-0.3, -0.25) is 4.79 Å². The zero-order valence-electron chi connectivity index (χ0n) is 15.2. The van der Waals surface area contributed by atoms with Crippen LogP contribution in [0.5, 0.6) is 5.75 Å². The van der Waals surface area contributed by atoms with Gasteiger partial charge in [-0.15, -0.1) is 0 Å². The molecule has 8 heteroatoms. The van der Waals surface area contributed by atoms with Gasteiger partial charge in [0.1, 0.15) is 11.3 Å². The van der Waals surface area contributed by atoms with Crippen molar-refractivity contribution < 1.29 is 27.5 Å². The molecule has 1 amide bonds. The van der Waals surface area contributed by atoms with Gasteiger partial charge in [-0.2, -0.15) is 0 Å². The van der Waals surface area contributed by atoms with Crippen molar-refractivity contribution in [2.75, 3.05) is 32.3 Å². The molecule has 1 aliphatic heterocycles. The molecule has 2 aromatic rings. The molecule has 0 spiro atoms. The lowest BCUT2D eigenvalue weighted by atomic mass is 10.1. The minimum atomic E-state index is -3.10. The lowest BCUT2D eigenvalue weighted by molar-refractivity contribution is -0.134. The molecule has 0 aromatic heterocycles. The minimum absolute atomic E-state index is 0.0539. The molecular formula is C19H21NO6S. The predicted octanol–water partition coefficient (Wildman–Crippen LogP) is 1.65. The monoisotopic (exact) mass is 391 g/mol. The fraction of sp³-hybridized carbons (Fsp3) is 0.368. The van der Waals surface area contributed by atoms with Gasteiger partial charge < -0.3 is 14.4 Å². The Hall–Kier alpha value is -2.61. The number of esters is 1. The summed E-state index contributed by atoms with van der Waals surface area (Å²) in [4.78, 5) is 26.1. The smallest absolute Gasteiger partial charge is 0.342 e. The Morgan fingerprint density at radius 1 is 1.19 bits per heavy atom. The number of rotatable bonds is 5. The van der Waals surface area contributed by atoms with Gasteiger partial charge >= 0.3 is 5.97 Å². The van der Waals surface area contributed by atoms with Gasteiger partial charge in [0.15, 0.2) is 16.4 Å². The van der Waals surface area contributed by atoms with Crippen molar-refractivity contribution in [3.05, 3.63) is 42.0 Å². The van der Waals surface area contributed by atoms with Crippen LogP contribution in [0.3, 0.4) is 0 Å². The summed E-state index contributed by atoms with van der Waals surface area (Å²) in [6.45, 7) is -0.456. The number of hydrogen-bond acceptors (Lipinski definition) is 6. The van der Waals surface area contributed by atoms with E-state index in [1.807, 2.05) is 24.3 Å². The Morgan fingerprint density at radius 3 is 2.44 bits per heavy atom. The fourth-order valence-corrected chi connectivity index (χ4v) is 4.91. The van der Waals surface area contributed by atoms with Crippen LogP contribution >= 0.6 is 0 Å². The SMILES string of the molecule is COc1cc2ccccc2cc1C(=O)OCC(=O)N(C)C1CCS(=O)(=O)C1. The molecule has 1 heterocycles. The maximum atomic E-state index is 12.5. The molecule has 7 nitrogen and oxygen atoms in total. The summed E-state index contributed by atoms with van der Waals surface area (Å²) >= 11 is 0. The summed E-state index contributed by atoms with van der Waals surface area (Å²) in [5.74, 6) is -0.726. The quantitative estimate of drug-likeness (QED) is 0.720. The molecule has 1 aliphatic rings. The number of methoxy groups -OCH3 is 1. The number of benzene rings is 2. The van der Waals surface area contributed by atoms with E-state index in [2.05, 4.69) is 0 Å². The third-order valence-electron chi connectivity index (χ3n) is 4.76. The van der Waals surface area contributed by atoms with E-state index in [1.54, 1.807) is 12.1 Å². The van der Waals surface area contributed by atoms with Crippen LogP contribution in [0, 0.1) is 0 Å². The van der Waals surface area contributed by atoms with Crippen LogP contribution in [0.4, 0.5) is 0 Å². The van der Waals surface area contributed by atoms with Crippen molar-refractivity contribution in [3.63, 3.8) is 0 Å². The highest BCUT2D eigenvalue weighted by atomic mass is 32.2. The molecule has 0 aliphatic carbocycles. The molecule has 1 saturated heterocycles. The first-order valence-corrected chi connectivity index (χ1v) is 10.3. The number of sulfone groups is 1. The molecule has 1 atom stereocenters. The zero-order valence-corrected chi connectivity index (χ0v) is 16.0. The summed E-state index contributed by atoms with van der Waals surface area (Å²) < 4.78 is 33.5. The maximum Gasteiger partial charge on any atom is 0.342 e. The van der Waals surface area contributed by atoms with Crippen LogP contribution in [0.1, 0.15) is 16.8 Å². The van der Waals surface area contributed by atoms with Gasteiger partial charge in [-0.05, 0) is 29.3 Å². The normalized spacial score (nSPS) is 18.2. The highest BCUT2D eigenvalue weighted by Gasteiger charge is 2.33. The first-order chi connectivity index (χ1) is 12.8. The number of hydrogen-bond donors (Lipinski definition) is 0. The highest BCUT2D eigenvalue weighted by molar-refractivity contribution is 7.91. The molecule has 2 aromatic carbocycles. The van der Waals surface area contributed by atoms with Crippen LogP contribution in [0.15, 0.2) is 36.4 Å². The third-order valence-corrected chi connectivity index (χ3v) is 6.51. The number of fused-ring (bicyclic) bond motifs is 1. The van der Waals surface area contributed by atoms with Crippen molar-refractivity contribution in [1.29, 1.82) is 0 Å². The van der Waals surface area contributed by atoms with Crippen molar-refractivity contribution in [2.24, 2.45) is 0 Å². The molecule has 0 saturated carbocycles. The van der Waals surface area contributed by atoms with E-state index in [0.717, 1.165) is 10.8 Å². The number of likely N-dealkylation sites (N-methyl/N-ethyl adjacent to an activating group) is 1. The molecule has 3 rings (SSSR count). The Kier molecular flexibility index (Phi) is 5.36. The van der Waals surface area contributed by atoms with Crippen LogP contribution in [-0.4, -0.2) is 63.5 Å². The Bertz CT molecular complexity index is 985. The largest absolute Gasteiger partial charge is 0.496 e. The molecular weight excluding hydrogens is 370 g/mol. The maximum absolute atomic E-state index is 12.5. The summed E-state index contributed by atoms with van der Waals surface area (Å²) in [6.07, 6.45) is 0.400. The summed E-state index contributed by atoms with van der Waals surface area (Å²) in [5, 5.41) is 1.77. The van der Waals surface area contributed by atoms with Crippen LogP contribution in [-0.2, 0) is 19.4 Å². The lowest BCUT2D eigenvalue weighted by Crippen LogP contribution is -2.40. The molecule has 27 heavy (non-hydrogen) atoms. The second kappa shape index (κ2) is 7.56. The van der Waals surface area contributed by atoms with Crippen molar-refractivity contribution in [1.82, 2.24) is 4.90 Å². The first kappa shape index (κ1) is 19.2. The molecule has 0 bridgehead atoms. The highest BCUT2D eigenvalue weighted by Crippen LogP contribution is 2.26. The van der Waals surface area contributed by atoms with E-state index < -0.39 is 28.3 Å². The molecule has 1 fully saturated rings. The van der Waals surface area contributed by atoms with Crippen LogP contribution in [0.25, 0.3) is 10.8 Å². The van der Waals surface area contributed by atoms with Gasteiger partial charge in [0, 0.05) is 13.1 Å². The van der Waals surface area contributed by atoms with Gasteiger partial charge in [0.25, 0.3) is 5.91 Å². The fourth-order valence-electron chi connectivity index (χ4n) is 3.14. The van der Waals surface area contributed by atoms with E-state index in [0.29, 0.717) is 12.2 Å². The summed E-state index contributed by atoms with van der Waals surface area (Å²) in [5.41, 5.74) is 0.232. The molecule has 0 N–H and O–H groups in total. The second-order valence-corrected chi connectivity index (χ2v) is 8.77. The number of nitrogens with zero attached hydrogens (tertiary/aromatic N) is 1. The van der Waals surface area contributed by atoms with E-state index in [4.69, 9.17) is 9.47 Å². The second-order valence-electron chi connectivity index (χ2n) is 6.54. The van der Waals surface area contributed by atoms with E-state index in [9.17, 15) is 18.0 Å². The zero-order chi connectivity index (χ0) is 19.6. The Balaban J connectivity index is 1.68. The Morgan fingerprint density at radius 2 is 1.85 bits per heavy atom. The molecule has 1 unspecified atom stereocenters. The van der Waals surface area contributed by atoms with Gasteiger partial charge in [0.2, 0.25) is 0 Å². The number of ether oxygens (including phenoxy) is 2. The minimum Gasteiger partial charge on any atom is -0.496 e. The lowest BCUT2D eigenvalue weighted by Gasteiger charge is -2.23. The van der Waals surface area contributed by atoms with E-state index in [1.165, 1.54) is 19.1 Å². The van der Waals surface area contributed by atoms with Gasteiger partial charge in [-0.1, -0.05) is 24.3 Å². The van der Waals surface area contributed by atoms with Crippen molar-refractivity contribution in [2.45, 2.75) is 12.5 Å². The summed E-state index contributed by atoms with van der Waals surface area (Å²) in [7, 11) is -0.111. The average molecular weight is 391 g/mol. The molecule has 144 valence electrons. The van der Waals surface area contributed by atoms with Crippen LogP contribution in [0.2, 0.25) is 0 Å². The summed E-state index contributed by atoms with van der Waals surface area (Å²) in [6, 6.07) is 10.5. The standard InChI is InChI=1S/C19H21NO6S/c1-20(15-7-8-27(23,24)12-15)18(21)11-26-19(22)16-9-13-5-3-4-6-14(13)10-17(16)25-2/h3-6,9-10,15H,7-8,11-12H2,1-2H3.